The van der Waals surface area contributed by atoms with E-state index in [2.05, 4.69) is 6.92 Å². The number of hydrogen-bond donors (Lipinski definition) is 1. The molecule has 0 aromatic heterocycles. The van der Waals surface area contributed by atoms with E-state index in [0.29, 0.717) is 12.1 Å². The molecule has 0 radical (unpaired) electrons. The van der Waals surface area contributed by atoms with Crippen LogP contribution in [0, 0.1) is 0 Å². The Morgan fingerprint density at radius 3 is 2.57 bits per heavy atom. The van der Waals surface area contributed by atoms with Crippen LogP contribution >= 0.6 is 0 Å². The molecule has 1 aliphatic heterocycles. The van der Waals surface area contributed by atoms with Crippen LogP contribution in [0.1, 0.15) is 13.3 Å². The molecule has 0 aliphatic carbocycles. The zero-order valence-electron chi connectivity index (χ0n) is 4.55. The van der Waals surface area contributed by atoms with E-state index < -0.39 is 0 Å². The van der Waals surface area contributed by atoms with E-state index in [-0.39, 0.29) is 0 Å². The van der Waals surface area contributed by atoms with Crippen LogP contribution in [0.25, 0.3) is 0 Å². The van der Waals surface area contributed by atoms with Gasteiger partial charge in [-0.05, 0) is 6.42 Å². The van der Waals surface area contributed by atoms with Crippen LogP contribution in [0.15, 0.2) is 0 Å². The Hall–Kier alpha value is -0.0800. The predicted molar refractivity (Wildman–Crippen MR) is 28.0 cm³/mol. The zero-order chi connectivity index (χ0) is 5.28. The van der Waals surface area contributed by atoms with Crippen LogP contribution in [0.4, 0.5) is 0 Å². The average molecular weight is 101 g/mol. The molecular formula is C5H11NO. The fraction of sp³-hybridized carbons (Fsp3) is 1.00. The summed E-state index contributed by atoms with van der Waals surface area (Å²) in [6, 6.07) is 0.324. The summed E-state index contributed by atoms with van der Waals surface area (Å²) in [5.74, 6) is 0. The summed E-state index contributed by atoms with van der Waals surface area (Å²) in [4.78, 5) is 0. The first-order chi connectivity index (χ1) is 3.34. The van der Waals surface area contributed by atoms with E-state index in [9.17, 15) is 0 Å². The highest BCUT2D eigenvalue weighted by Crippen LogP contribution is 2.12. The monoisotopic (exact) mass is 101 g/mol. The zero-order valence-corrected chi connectivity index (χ0v) is 4.55. The van der Waals surface area contributed by atoms with E-state index in [1.807, 2.05) is 0 Å². The van der Waals surface area contributed by atoms with Crippen molar-refractivity contribution in [3.05, 3.63) is 0 Å². The van der Waals surface area contributed by atoms with E-state index in [4.69, 9.17) is 10.5 Å². The topological polar surface area (TPSA) is 35.2 Å². The van der Waals surface area contributed by atoms with Crippen molar-refractivity contribution in [3.8, 4) is 0 Å². The molecule has 0 spiro atoms. The molecule has 0 bridgehead atoms. The van der Waals surface area contributed by atoms with Gasteiger partial charge < -0.3 is 10.5 Å². The van der Waals surface area contributed by atoms with Gasteiger partial charge in [0, 0.05) is 0 Å². The van der Waals surface area contributed by atoms with Crippen LogP contribution in [-0.2, 0) is 4.74 Å². The fourth-order valence-corrected chi connectivity index (χ4v) is 0.764. The van der Waals surface area contributed by atoms with Crippen LogP contribution in [0.3, 0.4) is 0 Å². The quantitative estimate of drug-likeness (QED) is 0.509. The van der Waals surface area contributed by atoms with Crippen molar-refractivity contribution in [1.29, 1.82) is 0 Å². The van der Waals surface area contributed by atoms with Gasteiger partial charge in [-0.1, -0.05) is 6.92 Å². The lowest BCUT2D eigenvalue weighted by molar-refractivity contribution is -0.0735. The van der Waals surface area contributed by atoms with Gasteiger partial charge in [-0.15, -0.1) is 0 Å². The van der Waals surface area contributed by atoms with Crippen molar-refractivity contribution in [2.75, 3.05) is 6.61 Å². The van der Waals surface area contributed by atoms with E-state index in [1.54, 1.807) is 0 Å². The van der Waals surface area contributed by atoms with Gasteiger partial charge in [-0.2, -0.15) is 0 Å². The SMILES string of the molecule is CC[C@H]1OC[C@@H]1N. The van der Waals surface area contributed by atoms with Crippen LogP contribution in [-0.4, -0.2) is 18.8 Å². The highest BCUT2D eigenvalue weighted by Gasteiger charge is 2.25. The maximum atomic E-state index is 5.51. The van der Waals surface area contributed by atoms with Gasteiger partial charge in [-0.25, -0.2) is 0 Å². The largest absolute Gasteiger partial charge is 0.375 e. The van der Waals surface area contributed by atoms with Gasteiger partial charge in [-0.3, -0.25) is 0 Å². The Kier molecular flexibility index (Phi) is 1.30. The first-order valence-corrected chi connectivity index (χ1v) is 2.71. The second kappa shape index (κ2) is 1.80. The minimum absolute atomic E-state index is 0.324. The van der Waals surface area contributed by atoms with Crippen LogP contribution in [0.5, 0.6) is 0 Å². The molecule has 1 rings (SSSR count). The Labute approximate surface area is 43.6 Å². The predicted octanol–water partition coefficient (Wildman–Crippen LogP) is 0.123. The van der Waals surface area contributed by atoms with E-state index >= 15 is 0 Å². The highest BCUT2D eigenvalue weighted by molar-refractivity contribution is 4.79. The summed E-state index contributed by atoms with van der Waals surface area (Å²) in [6.07, 6.45) is 1.42. The Bertz CT molecular complexity index is 63.1. The molecule has 42 valence electrons. The lowest BCUT2D eigenvalue weighted by Crippen LogP contribution is -2.50. The molecule has 2 N–H and O–H groups in total. The molecule has 2 nitrogen and oxygen atoms in total. The smallest absolute Gasteiger partial charge is 0.0746 e. The first-order valence-electron chi connectivity index (χ1n) is 2.71. The molecular weight excluding hydrogens is 90.1 g/mol. The molecule has 0 amide bonds. The average Bonchev–Trinajstić information content (AvgIpc) is 1.65. The number of rotatable bonds is 1. The molecule has 1 aliphatic rings. The summed E-state index contributed by atoms with van der Waals surface area (Å²) in [7, 11) is 0. The lowest BCUT2D eigenvalue weighted by atomic mass is 10.1. The van der Waals surface area contributed by atoms with Gasteiger partial charge in [0.2, 0.25) is 0 Å². The second-order valence-corrected chi connectivity index (χ2v) is 1.94. The van der Waals surface area contributed by atoms with Crippen molar-refractivity contribution >= 4 is 0 Å². The highest BCUT2D eigenvalue weighted by atomic mass is 16.5. The molecule has 7 heavy (non-hydrogen) atoms. The van der Waals surface area contributed by atoms with Crippen molar-refractivity contribution in [1.82, 2.24) is 0 Å². The van der Waals surface area contributed by atoms with Crippen molar-refractivity contribution in [2.24, 2.45) is 5.73 Å². The summed E-state index contributed by atoms with van der Waals surface area (Å²) in [5, 5.41) is 0. The Morgan fingerprint density at radius 2 is 2.57 bits per heavy atom. The summed E-state index contributed by atoms with van der Waals surface area (Å²) >= 11 is 0. The molecule has 0 aromatic carbocycles. The fourth-order valence-electron chi connectivity index (χ4n) is 0.764. The van der Waals surface area contributed by atoms with Gasteiger partial charge in [0.1, 0.15) is 0 Å². The second-order valence-electron chi connectivity index (χ2n) is 1.94. The molecule has 1 heterocycles. The summed E-state index contributed by atoms with van der Waals surface area (Å²) in [6.45, 7) is 2.85. The Balaban J connectivity index is 2.16. The van der Waals surface area contributed by atoms with E-state index in [0.717, 1.165) is 13.0 Å². The first kappa shape index (κ1) is 5.06. The molecule has 0 saturated carbocycles. The third-order valence-electron chi connectivity index (χ3n) is 1.38. The summed E-state index contributed by atoms with van der Waals surface area (Å²) < 4.78 is 5.07. The molecule has 1 fully saturated rings. The maximum absolute atomic E-state index is 5.51. The van der Waals surface area contributed by atoms with Gasteiger partial charge in [0.05, 0.1) is 18.8 Å². The van der Waals surface area contributed by atoms with E-state index in [1.165, 1.54) is 0 Å². The van der Waals surface area contributed by atoms with Gasteiger partial charge >= 0.3 is 0 Å². The van der Waals surface area contributed by atoms with Crippen molar-refractivity contribution in [2.45, 2.75) is 25.5 Å². The molecule has 2 heteroatoms. The molecule has 1 saturated heterocycles. The minimum Gasteiger partial charge on any atom is -0.375 e. The number of ether oxygens (including phenoxy) is 1. The third kappa shape index (κ3) is 0.763. The van der Waals surface area contributed by atoms with Crippen molar-refractivity contribution < 1.29 is 4.74 Å². The van der Waals surface area contributed by atoms with Gasteiger partial charge in [0.25, 0.3) is 0 Å². The van der Waals surface area contributed by atoms with Gasteiger partial charge in [0.15, 0.2) is 0 Å². The lowest BCUT2D eigenvalue weighted by Gasteiger charge is -2.32. The maximum Gasteiger partial charge on any atom is 0.0746 e. The van der Waals surface area contributed by atoms with Crippen LogP contribution < -0.4 is 5.73 Å². The van der Waals surface area contributed by atoms with Crippen LogP contribution in [0.2, 0.25) is 0 Å². The summed E-state index contributed by atoms with van der Waals surface area (Å²) in [5.41, 5.74) is 5.51. The van der Waals surface area contributed by atoms with Crippen molar-refractivity contribution in [3.63, 3.8) is 0 Å². The standard InChI is InChI=1S/C5H11NO/c1-2-5-4(6)3-7-5/h4-5H,2-3,6H2,1H3/t4-,5+/m0/s1. The number of hydrogen-bond acceptors (Lipinski definition) is 2. The number of nitrogens with two attached hydrogens (primary N) is 1. The normalized spacial score (nSPS) is 40.3. The Morgan fingerprint density at radius 1 is 1.86 bits per heavy atom. The molecule has 0 aromatic rings. The third-order valence-corrected chi connectivity index (χ3v) is 1.38. The molecule has 2 atom stereocenters. The minimum atomic E-state index is 0.324. The molecule has 0 unspecified atom stereocenters.